The van der Waals surface area contributed by atoms with Crippen molar-refractivity contribution in [1.29, 1.82) is 5.26 Å². The predicted molar refractivity (Wildman–Crippen MR) is 83.3 cm³/mol. The SMILES string of the molecule is CC(Oc1ccccc1F)C(=O)NNC(=O)c1ccc(C#N)cc1. The monoisotopic (exact) mass is 327 g/mol. The van der Waals surface area contributed by atoms with Crippen LogP contribution in [-0.4, -0.2) is 17.9 Å². The first-order valence-electron chi connectivity index (χ1n) is 7.03. The van der Waals surface area contributed by atoms with Crippen LogP contribution in [0.3, 0.4) is 0 Å². The summed E-state index contributed by atoms with van der Waals surface area (Å²) in [7, 11) is 0. The van der Waals surface area contributed by atoms with E-state index in [1.165, 1.54) is 49.4 Å². The second-order valence-corrected chi connectivity index (χ2v) is 4.82. The van der Waals surface area contributed by atoms with E-state index in [0.29, 0.717) is 5.56 Å². The van der Waals surface area contributed by atoms with Gasteiger partial charge in [0.05, 0.1) is 11.6 Å². The number of ether oxygens (including phenoxy) is 1. The number of hydrogen-bond acceptors (Lipinski definition) is 4. The molecule has 0 fully saturated rings. The number of nitrogens with zero attached hydrogens (tertiary/aromatic N) is 1. The summed E-state index contributed by atoms with van der Waals surface area (Å²) in [6.45, 7) is 1.43. The molecule has 0 aliphatic carbocycles. The number of halogens is 1. The molecular weight excluding hydrogens is 313 g/mol. The molecule has 0 aliphatic rings. The normalized spacial score (nSPS) is 11.0. The first-order chi connectivity index (χ1) is 11.5. The van der Waals surface area contributed by atoms with Gasteiger partial charge in [-0.1, -0.05) is 12.1 Å². The van der Waals surface area contributed by atoms with Crippen molar-refractivity contribution in [2.45, 2.75) is 13.0 Å². The molecule has 0 saturated heterocycles. The third-order valence-electron chi connectivity index (χ3n) is 3.09. The van der Waals surface area contributed by atoms with E-state index in [-0.39, 0.29) is 11.3 Å². The molecule has 1 unspecified atom stereocenters. The number of amides is 2. The zero-order valence-corrected chi connectivity index (χ0v) is 12.7. The Morgan fingerprint density at radius 2 is 1.79 bits per heavy atom. The first-order valence-corrected chi connectivity index (χ1v) is 7.03. The topological polar surface area (TPSA) is 91.2 Å². The number of nitrogens with one attached hydrogen (secondary N) is 2. The number of benzene rings is 2. The third-order valence-corrected chi connectivity index (χ3v) is 3.09. The average Bonchev–Trinajstić information content (AvgIpc) is 2.61. The van der Waals surface area contributed by atoms with E-state index in [9.17, 15) is 14.0 Å². The second-order valence-electron chi connectivity index (χ2n) is 4.82. The molecule has 0 heterocycles. The average molecular weight is 327 g/mol. The Balaban J connectivity index is 1.88. The van der Waals surface area contributed by atoms with Crippen molar-refractivity contribution in [3.05, 3.63) is 65.5 Å². The quantitative estimate of drug-likeness (QED) is 0.840. The van der Waals surface area contributed by atoms with Crippen LogP contribution in [0.25, 0.3) is 0 Å². The minimum absolute atomic E-state index is 0.0569. The van der Waals surface area contributed by atoms with Crippen LogP contribution in [0.5, 0.6) is 5.75 Å². The van der Waals surface area contributed by atoms with Crippen LogP contribution in [0.1, 0.15) is 22.8 Å². The van der Waals surface area contributed by atoms with Crippen molar-refractivity contribution in [1.82, 2.24) is 10.9 Å². The zero-order valence-electron chi connectivity index (χ0n) is 12.7. The molecule has 2 aromatic carbocycles. The summed E-state index contributed by atoms with van der Waals surface area (Å²) in [6.07, 6.45) is -1.01. The first kappa shape index (κ1) is 17.0. The van der Waals surface area contributed by atoms with Gasteiger partial charge in [0.25, 0.3) is 11.8 Å². The minimum atomic E-state index is -1.01. The fraction of sp³-hybridized carbons (Fsp3) is 0.118. The third kappa shape index (κ3) is 4.30. The summed E-state index contributed by atoms with van der Waals surface area (Å²) in [5, 5.41) is 8.70. The molecule has 6 nitrogen and oxygen atoms in total. The molecule has 24 heavy (non-hydrogen) atoms. The van der Waals surface area contributed by atoms with Crippen molar-refractivity contribution in [2.75, 3.05) is 0 Å². The molecule has 2 rings (SSSR count). The lowest BCUT2D eigenvalue weighted by atomic mass is 10.1. The van der Waals surface area contributed by atoms with Crippen LogP contribution in [0, 0.1) is 17.1 Å². The van der Waals surface area contributed by atoms with Crippen LogP contribution in [0.15, 0.2) is 48.5 Å². The molecule has 1 atom stereocenters. The Morgan fingerprint density at radius 3 is 2.42 bits per heavy atom. The highest BCUT2D eigenvalue weighted by atomic mass is 19.1. The maximum atomic E-state index is 13.5. The second kappa shape index (κ2) is 7.74. The van der Waals surface area contributed by atoms with Crippen LogP contribution >= 0.6 is 0 Å². The number of rotatable bonds is 4. The van der Waals surface area contributed by atoms with E-state index in [2.05, 4.69) is 10.9 Å². The van der Waals surface area contributed by atoms with Gasteiger partial charge in [-0.3, -0.25) is 20.4 Å². The van der Waals surface area contributed by atoms with E-state index in [4.69, 9.17) is 10.00 Å². The molecule has 7 heteroatoms. The molecule has 0 aromatic heterocycles. The molecule has 122 valence electrons. The lowest BCUT2D eigenvalue weighted by Gasteiger charge is -2.15. The summed E-state index contributed by atoms with van der Waals surface area (Å²) in [6, 6.07) is 13.5. The van der Waals surface area contributed by atoms with Crippen LogP contribution in [-0.2, 0) is 4.79 Å². The van der Waals surface area contributed by atoms with Crippen molar-refractivity contribution >= 4 is 11.8 Å². The van der Waals surface area contributed by atoms with E-state index >= 15 is 0 Å². The summed E-state index contributed by atoms with van der Waals surface area (Å²) in [5.41, 5.74) is 5.11. The predicted octanol–water partition coefficient (Wildman–Crippen LogP) is 1.93. The minimum Gasteiger partial charge on any atom is -0.478 e. The van der Waals surface area contributed by atoms with Crippen LogP contribution in [0.2, 0.25) is 0 Å². The smallest absolute Gasteiger partial charge is 0.279 e. The summed E-state index contributed by atoms with van der Waals surface area (Å²) < 4.78 is 18.7. The highest BCUT2D eigenvalue weighted by molar-refractivity contribution is 5.95. The van der Waals surface area contributed by atoms with E-state index < -0.39 is 23.7 Å². The highest BCUT2D eigenvalue weighted by Crippen LogP contribution is 2.16. The van der Waals surface area contributed by atoms with Crippen LogP contribution in [0.4, 0.5) is 4.39 Å². The lowest BCUT2D eigenvalue weighted by molar-refractivity contribution is -0.128. The van der Waals surface area contributed by atoms with E-state index in [1.54, 1.807) is 6.07 Å². The molecule has 2 N–H and O–H groups in total. The van der Waals surface area contributed by atoms with Gasteiger partial charge in [0.2, 0.25) is 0 Å². The fourth-order valence-corrected chi connectivity index (χ4v) is 1.77. The Hall–Kier alpha value is -3.40. The molecule has 0 aliphatic heterocycles. The number of carbonyl (C=O) groups is 2. The van der Waals surface area contributed by atoms with Gasteiger partial charge in [-0.05, 0) is 43.3 Å². The Kier molecular flexibility index (Phi) is 5.47. The number of para-hydroxylation sites is 1. The van der Waals surface area contributed by atoms with E-state index in [0.717, 1.165) is 0 Å². The Morgan fingerprint density at radius 1 is 1.12 bits per heavy atom. The number of carbonyl (C=O) groups excluding carboxylic acids is 2. The number of nitriles is 1. The Labute approximate surface area is 137 Å². The number of hydrazine groups is 1. The molecule has 0 bridgehead atoms. The van der Waals surface area contributed by atoms with Gasteiger partial charge in [-0.15, -0.1) is 0 Å². The van der Waals surface area contributed by atoms with Gasteiger partial charge in [-0.25, -0.2) is 4.39 Å². The standard InChI is InChI=1S/C17H14FN3O3/c1-11(24-15-5-3-2-4-14(15)18)16(22)20-21-17(23)13-8-6-12(10-19)7-9-13/h2-9,11H,1H3,(H,20,22)(H,21,23). The fourth-order valence-electron chi connectivity index (χ4n) is 1.77. The van der Waals surface area contributed by atoms with Crippen molar-refractivity contribution in [3.8, 4) is 11.8 Å². The molecule has 0 spiro atoms. The lowest BCUT2D eigenvalue weighted by Crippen LogP contribution is -2.47. The van der Waals surface area contributed by atoms with Crippen LogP contribution < -0.4 is 15.6 Å². The number of hydrogen-bond donors (Lipinski definition) is 2. The largest absolute Gasteiger partial charge is 0.478 e. The van der Waals surface area contributed by atoms with Crippen molar-refractivity contribution in [2.24, 2.45) is 0 Å². The van der Waals surface area contributed by atoms with Crippen molar-refractivity contribution < 1.29 is 18.7 Å². The van der Waals surface area contributed by atoms with Gasteiger partial charge >= 0.3 is 0 Å². The molecule has 0 saturated carbocycles. The van der Waals surface area contributed by atoms with Gasteiger partial charge in [0.1, 0.15) is 0 Å². The molecule has 0 radical (unpaired) electrons. The Bertz CT molecular complexity index is 784. The van der Waals surface area contributed by atoms with Gasteiger partial charge < -0.3 is 4.74 Å². The van der Waals surface area contributed by atoms with Gasteiger partial charge in [0.15, 0.2) is 17.7 Å². The maximum absolute atomic E-state index is 13.5. The molecular formula is C17H14FN3O3. The summed E-state index contributed by atoms with van der Waals surface area (Å²) in [4.78, 5) is 23.8. The maximum Gasteiger partial charge on any atom is 0.279 e. The van der Waals surface area contributed by atoms with E-state index in [1.807, 2.05) is 6.07 Å². The molecule has 2 amide bonds. The molecule has 2 aromatic rings. The van der Waals surface area contributed by atoms with Crippen molar-refractivity contribution in [3.63, 3.8) is 0 Å². The summed E-state index contributed by atoms with van der Waals surface area (Å²) in [5.74, 6) is -1.83. The van der Waals surface area contributed by atoms with Gasteiger partial charge in [-0.2, -0.15) is 5.26 Å². The summed E-state index contributed by atoms with van der Waals surface area (Å²) >= 11 is 0. The van der Waals surface area contributed by atoms with Gasteiger partial charge in [0, 0.05) is 5.56 Å². The zero-order chi connectivity index (χ0) is 17.5. The highest BCUT2D eigenvalue weighted by Gasteiger charge is 2.17.